The minimum absolute atomic E-state index is 0.0629. The Balaban J connectivity index is 3.84. The van der Waals surface area contributed by atoms with E-state index in [4.69, 9.17) is 0 Å². The summed E-state index contributed by atoms with van der Waals surface area (Å²) in [4.78, 5) is 14.3. The van der Waals surface area contributed by atoms with Crippen molar-refractivity contribution in [2.24, 2.45) is 0 Å². The number of carbonyl (C=O) groups is 1. The molecule has 0 aromatic carbocycles. The van der Waals surface area contributed by atoms with Crippen LogP contribution in [0.15, 0.2) is 0 Å². The van der Waals surface area contributed by atoms with Gasteiger partial charge in [0, 0.05) is 18.5 Å². The Bertz CT molecular complexity index is 247. The molecule has 0 unspecified atom stereocenters. The van der Waals surface area contributed by atoms with Crippen LogP contribution in [0, 0.1) is 0 Å². The normalized spacial score (nSPS) is 11.9. The third-order valence-corrected chi connectivity index (χ3v) is 3.93. The first-order valence-corrected chi connectivity index (χ1v) is 8.48. The fourth-order valence-corrected chi connectivity index (χ4v) is 2.47. The summed E-state index contributed by atoms with van der Waals surface area (Å²) in [7, 11) is 0. The summed E-state index contributed by atoms with van der Waals surface area (Å²) in [6.45, 7) is 13.7. The average Bonchev–Trinajstić information content (AvgIpc) is 2.39. The molecule has 0 fully saturated rings. The van der Waals surface area contributed by atoms with Crippen molar-refractivity contribution in [1.82, 2.24) is 10.2 Å². The second-order valence-electron chi connectivity index (χ2n) is 6.37. The molecule has 0 heterocycles. The highest BCUT2D eigenvalue weighted by atomic mass is 16.1. The molecule has 0 atom stereocenters. The lowest BCUT2D eigenvalue weighted by Crippen LogP contribution is -2.44. The fraction of sp³-hybridized carbons (Fsp3) is 0.941. The third-order valence-electron chi connectivity index (χ3n) is 3.93. The molecule has 1 amide bonds. The van der Waals surface area contributed by atoms with Crippen LogP contribution in [-0.4, -0.2) is 36.0 Å². The molecular weight excluding hydrogens is 248 g/mol. The molecule has 3 nitrogen and oxygen atoms in total. The number of hydrogen-bond donors (Lipinski definition) is 1. The first kappa shape index (κ1) is 19.4. The lowest BCUT2D eigenvalue weighted by Gasteiger charge is -2.27. The number of amides is 1. The maximum Gasteiger partial charge on any atom is 0.221 e. The summed E-state index contributed by atoms with van der Waals surface area (Å²) in [5.74, 6) is 0.190. The Labute approximate surface area is 126 Å². The molecular formula is C17H36N2O. The van der Waals surface area contributed by atoms with Gasteiger partial charge in [-0.25, -0.2) is 0 Å². The summed E-state index contributed by atoms with van der Waals surface area (Å²) in [5.41, 5.74) is -0.0629. The Morgan fingerprint density at radius 2 is 1.60 bits per heavy atom. The molecule has 120 valence electrons. The topological polar surface area (TPSA) is 32.3 Å². The van der Waals surface area contributed by atoms with E-state index in [0.717, 1.165) is 26.1 Å². The van der Waals surface area contributed by atoms with Gasteiger partial charge in [0.05, 0.1) is 0 Å². The van der Waals surface area contributed by atoms with Crippen LogP contribution >= 0.6 is 0 Å². The molecule has 3 heteroatoms. The summed E-state index contributed by atoms with van der Waals surface area (Å²) in [6, 6.07) is 0. The number of carbonyl (C=O) groups excluding carboxylic acids is 1. The van der Waals surface area contributed by atoms with Gasteiger partial charge in [-0.05, 0) is 33.4 Å². The maximum atomic E-state index is 12.0. The summed E-state index contributed by atoms with van der Waals surface area (Å²) < 4.78 is 0. The van der Waals surface area contributed by atoms with E-state index >= 15 is 0 Å². The number of nitrogens with zero attached hydrogens (tertiary/aromatic N) is 1. The molecule has 0 aliphatic carbocycles. The minimum atomic E-state index is -0.0629. The van der Waals surface area contributed by atoms with E-state index in [9.17, 15) is 4.79 Å². The van der Waals surface area contributed by atoms with Crippen LogP contribution in [0.5, 0.6) is 0 Å². The molecule has 0 saturated heterocycles. The van der Waals surface area contributed by atoms with Gasteiger partial charge in [0.25, 0.3) is 0 Å². The van der Waals surface area contributed by atoms with Gasteiger partial charge in [-0.15, -0.1) is 0 Å². The fourth-order valence-electron chi connectivity index (χ4n) is 2.47. The standard InChI is InChI=1S/C17H36N2O/c1-6-9-10-11-12-14-17(4,5)18-16(20)13-15-19(7-2)8-3/h6-15H2,1-5H3,(H,18,20). The van der Waals surface area contributed by atoms with E-state index < -0.39 is 0 Å². The quantitative estimate of drug-likeness (QED) is 0.550. The Morgan fingerprint density at radius 3 is 2.15 bits per heavy atom. The zero-order chi connectivity index (χ0) is 15.4. The largest absolute Gasteiger partial charge is 0.351 e. The van der Waals surface area contributed by atoms with E-state index in [1.165, 1.54) is 32.1 Å². The summed E-state index contributed by atoms with van der Waals surface area (Å²) in [5, 5.41) is 3.19. The average molecular weight is 284 g/mol. The molecule has 20 heavy (non-hydrogen) atoms. The molecule has 0 aromatic rings. The lowest BCUT2D eigenvalue weighted by molar-refractivity contribution is -0.123. The molecule has 0 aromatic heterocycles. The van der Waals surface area contributed by atoms with Crippen molar-refractivity contribution in [1.29, 1.82) is 0 Å². The monoisotopic (exact) mass is 284 g/mol. The van der Waals surface area contributed by atoms with Crippen LogP contribution in [-0.2, 0) is 4.79 Å². The zero-order valence-corrected chi connectivity index (χ0v) is 14.4. The highest BCUT2D eigenvalue weighted by Crippen LogP contribution is 2.15. The van der Waals surface area contributed by atoms with E-state index in [1.54, 1.807) is 0 Å². The van der Waals surface area contributed by atoms with Crippen LogP contribution in [0.4, 0.5) is 0 Å². The number of rotatable bonds is 12. The van der Waals surface area contributed by atoms with Crippen molar-refractivity contribution in [2.75, 3.05) is 19.6 Å². The predicted octanol–water partition coefficient (Wildman–Crippen LogP) is 3.97. The van der Waals surface area contributed by atoms with Gasteiger partial charge < -0.3 is 10.2 Å². The molecule has 0 aliphatic rings. The van der Waals surface area contributed by atoms with Crippen molar-refractivity contribution in [3.63, 3.8) is 0 Å². The van der Waals surface area contributed by atoms with Crippen molar-refractivity contribution in [3.8, 4) is 0 Å². The molecule has 0 spiro atoms. The molecule has 0 radical (unpaired) electrons. The predicted molar refractivity (Wildman–Crippen MR) is 88.0 cm³/mol. The van der Waals surface area contributed by atoms with Crippen molar-refractivity contribution in [3.05, 3.63) is 0 Å². The summed E-state index contributed by atoms with van der Waals surface area (Å²) in [6.07, 6.45) is 8.12. The van der Waals surface area contributed by atoms with Crippen LogP contribution in [0.25, 0.3) is 0 Å². The molecule has 0 aliphatic heterocycles. The molecule has 0 saturated carbocycles. The highest BCUT2D eigenvalue weighted by Gasteiger charge is 2.19. The SMILES string of the molecule is CCCCCCCC(C)(C)NC(=O)CCN(CC)CC. The van der Waals surface area contributed by atoms with Crippen LogP contribution < -0.4 is 5.32 Å². The van der Waals surface area contributed by atoms with Gasteiger partial charge in [0.1, 0.15) is 0 Å². The lowest BCUT2D eigenvalue weighted by atomic mass is 9.96. The van der Waals surface area contributed by atoms with Gasteiger partial charge in [0.15, 0.2) is 0 Å². The van der Waals surface area contributed by atoms with Gasteiger partial charge >= 0.3 is 0 Å². The van der Waals surface area contributed by atoms with Crippen LogP contribution in [0.1, 0.15) is 79.6 Å². The number of nitrogens with one attached hydrogen (secondary N) is 1. The van der Waals surface area contributed by atoms with E-state index in [0.29, 0.717) is 6.42 Å². The first-order chi connectivity index (χ1) is 9.45. The van der Waals surface area contributed by atoms with Crippen LogP contribution in [0.2, 0.25) is 0 Å². The van der Waals surface area contributed by atoms with Gasteiger partial charge in [-0.3, -0.25) is 4.79 Å². The molecule has 0 bridgehead atoms. The van der Waals surface area contributed by atoms with Crippen molar-refractivity contribution in [2.45, 2.75) is 85.1 Å². The Morgan fingerprint density at radius 1 is 1.00 bits per heavy atom. The Kier molecular flexibility index (Phi) is 10.8. The second-order valence-corrected chi connectivity index (χ2v) is 6.37. The van der Waals surface area contributed by atoms with Crippen molar-refractivity contribution < 1.29 is 4.79 Å². The van der Waals surface area contributed by atoms with E-state index in [1.807, 2.05) is 0 Å². The Hall–Kier alpha value is -0.570. The smallest absolute Gasteiger partial charge is 0.221 e. The van der Waals surface area contributed by atoms with Gasteiger partial charge in [-0.2, -0.15) is 0 Å². The van der Waals surface area contributed by atoms with E-state index in [2.05, 4.69) is 44.8 Å². The number of unbranched alkanes of at least 4 members (excludes halogenated alkanes) is 4. The van der Waals surface area contributed by atoms with Crippen LogP contribution in [0.3, 0.4) is 0 Å². The maximum absolute atomic E-state index is 12.0. The highest BCUT2D eigenvalue weighted by molar-refractivity contribution is 5.76. The molecule has 1 N–H and O–H groups in total. The minimum Gasteiger partial charge on any atom is -0.351 e. The molecule has 0 rings (SSSR count). The van der Waals surface area contributed by atoms with Gasteiger partial charge in [-0.1, -0.05) is 52.9 Å². The summed E-state index contributed by atoms with van der Waals surface area (Å²) >= 11 is 0. The second kappa shape index (κ2) is 11.1. The number of hydrogen-bond acceptors (Lipinski definition) is 2. The van der Waals surface area contributed by atoms with Gasteiger partial charge in [0.2, 0.25) is 5.91 Å². The third kappa shape index (κ3) is 10.2. The van der Waals surface area contributed by atoms with E-state index in [-0.39, 0.29) is 11.4 Å². The van der Waals surface area contributed by atoms with Crippen molar-refractivity contribution >= 4 is 5.91 Å². The first-order valence-electron chi connectivity index (χ1n) is 8.48. The zero-order valence-electron chi connectivity index (χ0n) is 14.4.